The van der Waals surface area contributed by atoms with Crippen molar-refractivity contribution in [2.75, 3.05) is 11.9 Å². The number of halogens is 1. The fourth-order valence-corrected chi connectivity index (χ4v) is 5.82. The van der Waals surface area contributed by atoms with E-state index in [4.69, 9.17) is 0 Å². The lowest BCUT2D eigenvalue weighted by Gasteiger charge is -2.54. The topological polar surface area (TPSA) is 144 Å². The molecule has 4 N–H and O–H groups in total. The molecule has 3 aromatic heterocycles. The zero-order valence-electron chi connectivity index (χ0n) is 23.2. The number of carbonyl (C=O) groups is 2. The number of hydrogen-bond acceptors (Lipinski definition) is 7. The van der Waals surface area contributed by atoms with Crippen LogP contribution in [-0.2, 0) is 4.79 Å². The number of aromatic nitrogens is 3. The Hall–Kier alpha value is -4.30. The smallest absolute Gasteiger partial charge is 0.255 e. The van der Waals surface area contributed by atoms with Gasteiger partial charge < -0.3 is 21.1 Å². The Bertz CT molecular complexity index is 1530. The molecule has 0 spiro atoms. The summed E-state index contributed by atoms with van der Waals surface area (Å²) in [7, 11) is 0. The molecule has 0 aliphatic heterocycles. The third-order valence-electron chi connectivity index (χ3n) is 8.47. The van der Waals surface area contributed by atoms with Crippen molar-refractivity contribution in [2.45, 2.75) is 75.2 Å². The van der Waals surface area contributed by atoms with Crippen molar-refractivity contribution in [3.8, 4) is 17.5 Å². The number of rotatable bonds is 9. The van der Waals surface area contributed by atoms with Crippen molar-refractivity contribution < 1.29 is 19.1 Å². The second-order valence-corrected chi connectivity index (χ2v) is 11.7. The maximum Gasteiger partial charge on any atom is 0.255 e. The van der Waals surface area contributed by atoms with E-state index in [1.54, 1.807) is 16.6 Å². The van der Waals surface area contributed by atoms with Crippen LogP contribution in [0.25, 0.3) is 16.9 Å². The van der Waals surface area contributed by atoms with Crippen LogP contribution in [0.3, 0.4) is 0 Å². The molecule has 0 saturated heterocycles. The number of nitrogens with one attached hydrogen (secondary N) is 3. The first kappa shape index (κ1) is 28.2. The molecule has 41 heavy (non-hydrogen) atoms. The van der Waals surface area contributed by atoms with E-state index in [1.807, 2.05) is 12.1 Å². The third kappa shape index (κ3) is 5.65. The second kappa shape index (κ2) is 10.6. The van der Waals surface area contributed by atoms with Crippen LogP contribution >= 0.6 is 0 Å². The summed E-state index contributed by atoms with van der Waals surface area (Å²) in [5.41, 5.74) is 1.10. The van der Waals surface area contributed by atoms with Crippen LogP contribution < -0.4 is 16.0 Å². The van der Waals surface area contributed by atoms with Crippen molar-refractivity contribution >= 4 is 23.0 Å². The SMILES string of the molecule is C=CC(=O)NC12CCC(Nc3cc(-c4ccc5cc(C#N)cnn45)ncc3C(=O)NCC(F)C(C)(C)O)(CC1)CC2. The van der Waals surface area contributed by atoms with Crippen LogP contribution in [0.4, 0.5) is 10.1 Å². The van der Waals surface area contributed by atoms with Gasteiger partial charge in [-0.2, -0.15) is 10.4 Å². The van der Waals surface area contributed by atoms with Crippen LogP contribution in [0.1, 0.15) is 68.3 Å². The number of aliphatic hydroxyl groups is 1. The monoisotopic (exact) mass is 559 g/mol. The molecule has 10 nitrogen and oxygen atoms in total. The minimum Gasteiger partial charge on any atom is -0.387 e. The average Bonchev–Trinajstić information content (AvgIpc) is 3.39. The first-order valence-corrected chi connectivity index (χ1v) is 13.7. The number of amides is 2. The number of pyridine rings is 1. The number of nitrogens with zero attached hydrogens (tertiary/aromatic N) is 4. The van der Waals surface area contributed by atoms with Gasteiger partial charge in [-0.1, -0.05) is 6.58 Å². The molecule has 1 atom stereocenters. The van der Waals surface area contributed by atoms with E-state index in [9.17, 15) is 24.3 Å². The van der Waals surface area contributed by atoms with E-state index in [2.05, 4.69) is 38.7 Å². The van der Waals surface area contributed by atoms with Gasteiger partial charge >= 0.3 is 0 Å². The zero-order valence-corrected chi connectivity index (χ0v) is 23.2. The molecule has 3 aliphatic carbocycles. The Morgan fingerprint density at radius 2 is 1.88 bits per heavy atom. The van der Waals surface area contributed by atoms with E-state index in [0.717, 1.165) is 44.0 Å². The number of hydrogen-bond donors (Lipinski definition) is 4. The molecule has 3 saturated carbocycles. The Morgan fingerprint density at radius 3 is 2.51 bits per heavy atom. The summed E-state index contributed by atoms with van der Waals surface area (Å²) in [6.07, 6.45) is 7.35. The molecular weight excluding hydrogens is 525 g/mol. The normalized spacial score (nSPS) is 22.5. The third-order valence-corrected chi connectivity index (χ3v) is 8.47. The van der Waals surface area contributed by atoms with Crippen molar-refractivity contribution in [1.82, 2.24) is 25.2 Å². The minimum absolute atomic E-state index is 0.169. The first-order chi connectivity index (χ1) is 19.5. The van der Waals surface area contributed by atoms with Crippen LogP contribution in [0.2, 0.25) is 0 Å². The Balaban J connectivity index is 1.46. The van der Waals surface area contributed by atoms with E-state index >= 15 is 0 Å². The Labute approximate surface area is 237 Å². The fourth-order valence-electron chi connectivity index (χ4n) is 5.82. The summed E-state index contributed by atoms with van der Waals surface area (Å²) < 4.78 is 16.1. The predicted octanol–water partition coefficient (Wildman–Crippen LogP) is 3.67. The number of alkyl halides is 1. The van der Waals surface area contributed by atoms with Gasteiger partial charge in [0.1, 0.15) is 12.2 Å². The molecular formula is C30H34FN7O3. The van der Waals surface area contributed by atoms with Crippen molar-refractivity contribution in [2.24, 2.45) is 0 Å². The Kier molecular flexibility index (Phi) is 7.30. The number of nitriles is 1. The lowest BCUT2D eigenvalue weighted by atomic mass is 9.61. The molecule has 0 radical (unpaired) electrons. The quantitative estimate of drug-likeness (QED) is 0.293. The fraction of sp³-hybridized carbons (Fsp3) is 0.433. The lowest BCUT2D eigenvalue weighted by Crippen LogP contribution is -2.60. The van der Waals surface area contributed by atoms with Gasteiger partial charge in [-0.15, -0.1) is 0 Å². The molecule has 11 heteroatoms. The Morgan fingerprint density at radius 1 is 1.20 bits per heavy atom. The van der Waals surface area contributed by atoms with Crippen LogP contribution in [0.15, 0.2) is 49.3 Å². The highest BCUT2D eigenvalue weighted by atomic mass is 19.1. The highest BCUT2D eigenvalue weighted by Crippen LogP contribution is 2.48. The largest absolute Gasteiger partial charge is 0.387 e. The highest BCUT2D eigenvalue weighted by molar-refractivity contribution is 6.00. The summed E-state index contributed by atoms with van der Waals surface area (Å²) in [6, 6.07) is 9.30. The van der Waals surface area contributed by atoms with E-state index in [0.29, 0.717) is 22.6 Å². The average molecular weight is 560 g/mol. The highest BCUT2D eigenvalue weighted by Gasteiger charge is 2.49. The number of anilines is 1. The minimum atomic E-state index is -1.65. The van der Waals surface area contributed by atoms with Gasteiger partial charge in [-0.25, -0.2) is 8.91 Å². The summed E-state index contributed by atoms with van der Waals surface area (Å²) >= 11 is 0. The van der Waals surface area contributed by atoms with Crippen molar-refractivity contribution in [3.05, 3.63) is 60.4 Å². The molecule has 0 aromatic carbocycles. The maximum absolute atomic E-state index is 14.4. The van der Waals surface area contributed by atoms with Crippen LogP contribution in [-0.4, -0.2) is 60.9 Å². The number of carbonyl (C=O) groups excluding carboxylic acids is 2. The molecule has 6 rings (SSSR count). The van der Waals surface area contributed by atoms with Gasteiger partial charge in [0.2, 0.25) is 5.91 Å². The summed E-state index contributed by atoms with van der Waals surface area (Å²) in [5.74, 6) is -0.678. The molecule has 1 unspecified atom stereocenters. The van der Waals surface area contributed by atoms with Crippen molar-refractivity contribution in [3.63, 3.8) is 0 Å². The molecule has 3 aliphatic rings. The second-order valence-electron chi connectivity index (χ2n) is 11.7. The van der Waals surface area contributed by atoms with E-state index in [1.165, 1.54) is 32.3 Å². The van der Waals surface area contributed by atoms with Crippen molar-refractivity contribution in [1.29, 1.82) is 5.26 Å². The van der Waals surface area contributed by atoms with Gasteiger partial charge in [0.25, 0.3) is 5.91 Å². The van der Waals surface area contributed by atoms with Gasteiger partial charge in [0.05, 0.1) is 52.1 Å². The van der Waals surface area contributed by atoms with Gasteiger partial charge in [-0.05, 0) is 82.7 Å². The molecule has 214 valence electrons. The first-order valence-electron chi connectivity index (χ1n) is 13.7. The van der Waals surface area contributed by atoms with Crippen LogP contribution in [0.5, 0.6) is 0 Å². The maximum atomic E-state index is 14.4. The van der Waals surface area contributed by atoms with E-state index in [-0.39, 0.29) is 29.1 Å². The molecule has 3 fully saturated rings. The molecule has 3 heterocycles. The molecule has 2 amide bonds. The van der Waals surface area contributed by atoms with E-state index < -0.39 is 17.7 Å². The number of fused-ring (bicyclic) bond motifs is 4. The lowest BCUT2D eigenvalue weighted by molar-refractivity contribution is -0.119. The predicted molar refractivity (Wildman–Crippen MR) is 152 cm³/mol. The molecule has 2 bridgehead atoms. The summed E-state index contributed by atoms with van der Waals surface area (Å²) in [5, 5.41) is 32.9. The molecule has 3 aromatic rings. The summed E-state index contributed by atoms with van der Waals surface area (Å²) in [4.78, 5) is 29.9. The summed E-state index contributed by atoms with van der Waals surface area (Å²) in [6.45, 7) is 5.92. The van der Waals surface area contributed by atoms with Gasteiger partial charge in [0.15, 0.2) is 0 Å². The standard InChI is InChI=1S/C30H34FN7O3/c1-4-26(39)37-30-10-7-29(8-11-30,9-12-30)36-22-14-23(24-6-5-20-13-19(15-32)16-35-38(20)24)33-17-21(22)27(40)34-18-25(31)28(2,3)41/h4-6,13-14,16-17,25,41H,1,7-12,18H2,2-3H3,(H,33,36)(H,34,40)(H,37,39). The van der Waals surface area contributed by atoms with Gasteiger partial charge in [0, 0.05) is 17.3 Å². The van der Waals surface area contributed by atoms with Gasteiger partial charge in [-0.3, -0.25) is 14.6 Å². The zero-order chi connectivity index (χ0) is 29.4. The van der Waals surface area contributed by atoms with Crippen LogP contribution in [0, 0.1) is 11.3 Å².